The van der Waals surface area contributed by atoms with Crippen molar-refractivity contribution in [3.05, 3.63) is 11.5 Å². The molecular formula is C14H22N4O5S. The smallest absolute Gasteiger partial charge is 0.320 e. The van der Waals surface area contributed by atoms with Gasteiger partial charge in [-0.2, -0.15) is 4.31 Å². The monoisotopic (exact) mass is 358 g/mol. The van der Waals surface area contributed by atoms with Crippen LogP contribution in [-0.4, -0.2) is 86.2 Å². The Labute approximate surface area is 141 Å². The van der Waals surface area contributed by atoms with Crippen molar-refractivity contribution in [3.63, 3.8) is 0 Å². The summed E-state index contributed by atoms with van der Waals surface area (Å²) in [5.41, 5.74) is 0.360. The van der Waals surface area contributed by atoms with Crippen molar-refractivity contribution >= 4 is 16.1 Å². The molecule has 2 aliphatic heterocycles. The summed E-state index contributed by atoms with van der Waals surface area (Å²) in [5.74, 6) is 0.291. The van der Waals surface area contributed by atoms with Gasteiger partial charge in [0.25, 0.3) is 0 Å². The number of ether oxygens (including phenoxy) is 1. The molecule has 2 saturated heterocycles. The zero-order valence-corrected chi connectivity index (χ0v) is 14.7. The fourth-order valence-electron chi connectivity index (χ4n) is 3.05. The Morgan fingerprint density at radius 3 is 2.12 bits per heavy atom. The number of aromatic nitrogens is 1. The third kappa shape index (κ3) is 3.13. The molecule has 0 atom stereocenters. The van der Waals surface area contributed by atoms with Crippen LogP contribution in [0.4, 0.5) is 4.79 Å². The molecule has 3 rings (SSSR count). The Morgan fingerprint density at radius 1 is 1.00 bits per heavy atom. The van der Waals surface area contributed by atoms with Crippen molar-refractivity contribution in [2.24, 2.45) is 0 Å². The molecule has 0 spiro atoms. The number of carbonyl (C=O) groups excluding carboxylic acids is 1. The second-order valence-electron chi connectivity index (χ2n) is 5.93. The maximum atomic E-state index is 12.8. The molecular weight excluding hydrogens is 336 g/mol. The normalized spacial score (nSPS) is 20.4. The Balaban J connectivity index is 1.65. The van der Waals surface area contributed by atoms with Crippen LogP contribution in [0.5, 0.6) is 0 Å². The number of nitrogens with zero attached hydrogens (tertiary/aromatic N) is 4. The van der Waals surface area contributed by atoms with E-state index in [1.807, 2.05) is 0 Å². The highest BCUT2D eigenvalue weighted by atomic mass is 32.2. The fourth-order valence-corrected chi connectivity index (χ4v) is 4.76. The minimum absolute atomic E-state index is 0.0484. The minimum atomic E-state index is -3.65. The van der Waals surface area contributed by atoms with Crippen molar-refractivity contribution in [1.82, 2.24) is 19.3 Å². The van der Waals surface area contributed by atoms with Crippen molar-refractivity contribution < 1.29 is 22.5 Å². The maximum Gasteiger partial charge on any atom is 0.320 e. The first-order valence-electron chi connectivity index (χ1n) is 7.96. The highest BCUT2D eigenvalue weighted by Crippen LogP contribution is 2.24. The van der Waals surface area contributed by atoms with Gasteiger partial charge in [-0.3, -0.25) is 0 Å². The van der Waals surface area contributed by atoms with Crippen LogP contribution in [0.15, 0.2) is 9.42 Å². The van der Waals surface area contributed by atoms with E-state index in [2.05, 4.69) is 5.16 Å². The first kappa shape index (κ1) is 17.2. The number of carbonyl (C=O) groups is 1. The van der Waals surface area contributed by atoms with Crippen LogP contribution < -0.4 is 0 Å². The number of urea groups is 1. The molecule has 2 amide bonds. The number of morpholine rings is 1. The zero-order chi connectivity index (χ0) is 17.3. The first-order chi connectivity index (χ1) is 11.4. The average Bonchev–Trinajstić information content (AvgIpc) is 2.94. The number of piperazine rings is 1. The summed E-state index contributed by atoms with van der Waals surface area (Å²) in [7, 11) is -3.65. The lowest BCUT2D eigenvalue weighted by Crippen LogP contribution is -2.55. The van der Waals surface area contributed by atoms with E-state index >= 15 is 0 Å². The molecule has 0 aliphatic carbocycles. The minimum Gasteiger partial charge on any atom is -0.378 e. The van der Waals surface area contributed by atoms with E-state index in [9.17, 15) is 13.2 Å². The van der Waals surface area contributed by atoms with Crippen LogP contribution in [0.1, 0.15) is 11.5 Å². The molecule has 134 valence electrons. The number of sulfonamides is 1. The lowest BCUT2D eigenvalue weighted by atomic mass is 10.3. The van der Waals surface area contributed by atoms with Gasteiger partial charge in [0.05, 0.1) is 13.2 Å². The molecule has 2 fully saturated rings. The second kappa shape index (κ2) is 6.69. The van der Waals surface area contributed by atoms with E-state index in [4.69, 9.17) is 9.26 Å². The fraction of sp³-hybridized carbons (Fsp3) is 0.714. The van der Waals surface area contributed by atoms with Crippen molar-refractivity contribution in [2.75, 3.05) is 52.5 Å². The molecule has 2 aliphatic rings. The second-order valence-corrected chi connectivity index (χ2v) is 7.80. The van der Waals surface area contributed by atoms with Gasteiger partial charge in [0.1, 0.15) is 10.6 Å². The summed E-state index contributed by atoms with van der Waals surface area (Å²) in [4.78, 5) is 16.0. The molecule has 1 aromatic rings. The van der Waals surface area contributed by atoms with Gasteiger partial charge in [-0.25, -0.2) is 13.2 Å². The summed E-state index contributed by atoms with van der Waals surface area (Å²) >= 11 is 0. The number of rotatable bonds is 2. The molecule has 1 aromatic heterocycles. The summed E-state index contributed by atoms with van der Waals surface area (Å²) < 4.78 is 37.1. The standard InChI is InChI=1S/C14H22N4O5S/c1-11-13(12(2)23-15-11)24(20,21)18-5-3-16(4-6-18)14(19)17-7-9-22-10-8-17/h3-10H2,1-2H3. The van der Waals surface area contributed by atoms with Gasteiger partial charge in [-0.1, -0.05) is 5.16 Å². The molecule has 3 heterocycles. The lowest BCUT2D eigenvalue weighted by Gasteiger charge is -2.37. The van der Waals surface area contributed by atoms with Gasteiger partial charge in [0.15, 0.2) is 5.76 Å². The molecule has 0 bridgehead atoms. The summed E-state index contributed by atoms with van der Waals surface area (Å²) in [6.45, 7) is 6.74. The topological polar surface area (TPSA) is 96.2 Å². The molecule has 24 heavy (non-hydrogen) atoms. The largest absolute Gasteiger partial charge is 0.378 e. The molecule has 0 saturated carbocycles. The third-order valence-corrected chi connectivity index (χ3v) is 6.50. The molecule has 9 nitrogen and oxygen atoms in total. The van der Waals surface area contributed by atoms with Crippen molar-refractivity contribution in [2.45, 2.75) is 18.7 Å². The van der Waals surface area contributed by atoms with Crippen molar-refractivity contribution in [3.8, 4) is 0 Å². The summed E-state index contributed by atoms with van der Waals surface area (Å²) in [5, 5.41) is 3.72. The Morgan fingerprint density at radius 2 is 1.58 bits per heavy atom. The quantitative estimate of drug-likeness (QED) is 0.741. The van der Waals surface area contributed by atoms with Gasteiger partial charge >= 0.3 is 6.03 Å². The molecule has 0 unspecified atom stereocenters. The molecule has 0 N–H and O–H groups in total. The van der Waals surface area contributed by atoms with Crippen LogP contribution in [-0.2, 0) is 14.8 Å². The van der Waals surface area contributed by atoms with Crippen LogP contribution in [0.25, 0.3) is 0 Å². The maximum absolute atomic E-state index is 12.8. The predicted octanol–water partition coefficient (Wildman–Crippen LogP) is 0.0499. The predicted molar refractivity (Wildman–Crippen MR) is 84.1 cm³/mol. The summed E-state index contributed by atoms with van der Waals surface area (Å²) in [6, 6.07) is -0.0484. The number of amides is 2. The molecule has 10 heteroatoms. The zero-order valence-electron chi connectivity index (χ0n) is 13.9. The van der Waals surface area contributed by atoms with Crippen molar-refractivity contribution in [1.29, 1.82) is 0 Å². The van der Waals surface area contributed by atoms with Gasteiger partial charge in [-0.05, 0) is 13.8 Å². The number of hydrogen-bond acceptors (Lipinski definition) is 6. The van der Waals surface area contributed by atoms with Crippen LogP contribution in [0.3, 0.4) is 0 Å². The molecule has 0 radical (unpaired) electrons. The SMILES string of the molecule is Cc1noc(C)c1S(=O)(=O)N1CCN(C(=O)N2CCOCC2)CC1. The average molecular weight is 358 g/mol. The Kier molecular flexibility index (Phi) is 4.79. The van der Waals surface area contributed by atoms with E-state index in [0.29, 0.717) is 50.8 Å². The lowest BCUT2D eigenvalue weighted by molar-refractivity contribution is 0.0405. The van der Waals surface area contributed by atoms with Crippen LogP contribution in [0.2, 0.25) is 0 Å². The Bertz CT molecular complexity index is 683. The van der Waals surface area contributed by atoms with E-state index in [0.717, 1.165) is 0 Å². The third-order valence-electron chi connectivity index (χ3n) is 4.36. The highest BCUT2D eigenvalue weighted by molar-refractivity contribution is 7.89. The number of aryl methyl sites for hydroxylation is 2. The van der Waals surface area contributed by atoms with E-state index < -0.39 is 10.0 Å². The van der Waals surface area contributed by atoms with Crippen LogP contribution in [0, 0.1) is 13.8 Å². The van der Waals surface area contributed by atoms with Gasteiger partial charge in [0.2, 0.25) is 10.0 Å². The van der Waals surface area contributed by atoms with Gasteiger partial charge < -0.3 is 19.1 Å². The highest BCUT2D eigenvalue weighted by Gasteiger charge is 2.35. The van der Waals surface area contributed by atoms with E-state index in [1.54, 1.807) is 23.6 Å². The summed E-state index contributed by atoms with van der Waals surface area (Å²) in [6.07, 6.45) is 0. The van der Waals surface area contributed by atoms with E-state index in [-0.39, 0.29) is 24.0 Å². The van der Waals surface area contributed by atoms with Gasteiger partial charge in [0, 0.05) is 39.3 Å². The van der Waals surface area contributed by atoms with Crippen LogP contribution >= 0.6 is 0 Å². The van der Waals surface area contributed by atoms with Gasteiger partial charge in [-0.15, -0.1) is 0 Å². The Hall–Kier alpha value is -1.65. The van der Waals surface area contributed by atoms with E-state index in [1.165, 1.54) is 4.31 Å². The first-order valence-corrected chi connectivity index (χ1v) is 9.40. The molecule has 0 aromatic carbocycles. The number of hydrogen-bond donors (Lipinski definition) is 0.